The molecule has 4 fully saturated rings. The first-order chi connectivity index (χ1) is 12.7. The van der Waals surface area contributed by atoms with Gasteiger partial charge in [-0.05, 0) is 61.6 Å². The molecule has 1 aromatic carbocycles. The predicted octanol–water partition coefficient (Wildman–Crippen LogP) is 2.75. The highest BCUT2D eigenvalue weighted by Crippen LogP contribution is 2.71. The average Bonchev–Trinajstić information content (AvgIpc) is 3.21. The van der Waals surface area contributed by atoms with E-state index in [9.17, 15) is 9.59 Å². The van der Waals surface area contributed by atoms with Gasteiger partial charge in [0, 0.05) is 6.54 Å². The minimum Gasteiger partial charge on any atom is -0.299 e. The number of carbonyl (C=O) groups is 2. The van der Waals surface area contributed by atoms with E-state index < -0.39 is 0 Å². The fourth-order valence-corrected chi connectivity index (χ4v) is 5.90. The number of hydrogen-bond donors (Lipinski definition) is 1. The minimum atomic E-state index is -0.0278. The summed E-state index contributed by atoms with van der Waals surface area (Å²) in [4.78, 5) is 25.7. The van der Waals surface area contributed by atoms with Gasteiger partial charge in [0.25, 0.3) is 0 Å². The van der Waals surface area contributed by atoms with Gasteiger partial charge in [0.15, 0.2) is 0 Å². The molecular formula is C22H26N2O2. The Morgan fingerprint density at radius 2 is 1.77 bits per heavy atom. The summed E-state index contributed by atoms with van der Waals surface area (Å²) in [7, 11) is 0. The van der Waals surface area contributed by atoms with Crippen molar-refractivity contribution in [1.29, 1.82) is 0 Å². The highest BCUT2D eigenvalue weighted by atomic mass is 16.2. The zero-order valence-corrected chi connectivity index (χ0v) is 15.1. The predicted molar refractivity (Wildman–Crippen MR) is 98.9 cm³/mol. The van der Waals surface area contributed by atoms with Gasteiger partial charge in [-0.3, -0.25) is 19.8 Å². The van der Waals surface area contributed by atoms with Gasteiger partial charge in [0.1, 0.15) is 0 Å². The SMILES string of the molecule is O=C1NC(=O)C2C1C1C=CC13CCC23.c1ccc(CN2CCCC2)cc1. The lowest BCUT2D eigenvalue weighted by Gasteiger charge is -2.52. The molecule has 136 valence electrons. The Kier molecular flexibility index (Phi) is 3.78. The van der Waals surface area contributed by atoms with Crippen LogP contribution in [-0.4, -0.2) is 29.8 Å². The Morgan fingerprint density at radius 3 is 2.38 bits per heavy atom. The van der Waals surface area contributed by atoms with Crippen molar-refractivity contribution in [3.8, 4) is 0 Å². The molecule has 26 heavy (non-hydrogen) atoms. The lowest BCUT2D eigenvalue weighted by Crippen LogP contribution is -2.47. The summed E-state index contributed by atoms with van der Waals surface area (Å²) >= 11 is 0. The first-order valence-corrected chi connectivity index (χ1v) is 9.99. The standard InChI is InChI=1S/C11H11NO2.C11H15N/c13-9-7-5-1-3-11(5)4-2-6(11)8(7)10(14)12-9;1-2-6-11(7-3-1)10-12-8-4-5-9-12/h1,3,5-8H,2,4H2,(H,12,13,14);1-3,6-7H,4-5,8-10H2. The molecule has 2 heterocycles. The van der Waals surface area contributed by atoms with Crippen molar-refractivity contribution in [3.63, 3.8) is 0 Å². The van der Waals surface area contributed by atoms with Crippen molar-refractivity contribution < 1.29 is 9.59 Å². The van der Waals surface area contributed by atoms with Crippen molar-refractivity contribution in [1.82, 2.24) is 10.2 Å². The van der Waals surface area contributed by atoms with E-state index in [1.54, 1.807) is 0 Å². The average molecular weight is 350 g/mol. The van der Waals surface area contributed by atoms with E-state index in [0.29, 0.717) is 11.8 Å². The molecule has 2 saturated carbocycles. The zero-order valence-electron chi connectivity index (χ0n) is 15.1. The second kappa shape index (κ2) is 6.05. The fraction of sp³-hybridized carbons (Fsp3) is 0.545. The first-order valence-electron chi connectivity index (χ1n) is 9.99. The molecule has 5 aliphatic rings. The summed E-state index contributed by atoms with van der Waals surface area (Å²) in [6.45, 7) is 3.71. The molecule has 0 bridgehead atoms. The maximum Gasteiger partial charge on any atom is 0.231 e. The third-order valence-corrected chi connectivity index (χ3v) is 7.32. The Balaban J connectivity index is 0.000000117. The van der Waals surface area contributed by atoms with Crippen LogP contribution in [0.25, 0.3) is 0 Å². The zero-order chi connectivity index (χ0) is 17.7. The van der Waals surface area contributed by atoms with Gasteiger partial charge in [0.05, 0.1) is 11.8 Å². The maximum absolute atomic E-state index is 11.6. The van der Waals surface area contributed by atoms with Crippen LogP contribution in [0.2, 0.25) is 0 Å². The van der Waals surface area contributed by atoms with E-state index in [4.69, 9.17) is 0 Å². The van der Waals surface area contributed by atoms with Crippen molar-refractivity contribution in [2.24, 2.45) is 29.1 Å². The summed E-state index contributed by atoms with van der Waals surface area (Å²) in [5, 5.41) is 2.47. The Bertz CT molecular complexity index is 753. The number of hydrogen-bond acceptors (Lipinski definition) is 3. The highest BCUT2D eigenvalue weighted by Gasteiger charge is 2.71. The van der Waals surface area contributed by atoms with Crippen LogP contribution in [0.15, 0.2) is 42.5 Å². The Labute approximate surface area is 154 Å². The number of likely N-dealkylation sites (tertiary alicyclic amines) is 1. The van der Waals surface area contributed by atoms with E-state index in [2.05, 4.69) is 52.7 Å². The number of rotatable bonds is 2. The summed E-state index contributed by atoms with van der Waals surface area (Å²) in [6.07, 6.45) is 9.45. The van der Waals surface area contributed by atoms with Crippen LogP contribution in [0.5, 0.6) is 0 Å². The van der Waals surface area contributed by atoms with Crippen LogP contribution in [0.1, 0.15) is 31.2 Å². The van der Waals surface area contributed by atoms with Crippen LogP contribution in [0.3, 0.4) is 0 Å². The number of carbonyl (C=O) groups excluding carboxylic acids is 2. The molecule has 4 nitrogen and oxygen atoms in total. The van der Waals surface area contributed by atoms with Gasteiger partial charge < -0.3 is 0 Å². The molecule has 5 atom stereocenters. The van der Waals surface area contributed by atoms with Gasteiger partial charge in [-0.2, -0.15) is 0 Å². The largest absolute Gasteiger partial charge is 0.299 e. The van der Waals surface area contributed by atoms with Crippen molar-refractivity contribution in [2.75, 3.05) is 13.1 Å². The second-order valence-corrected chi connectivity index (χ2v) is 8.52. The van der Waals surface area contributed by atoms with Crippen molar-refractivity contribution in [3.05, 3.63) is 48.0 Å². The quantitative estimate of drug-likeness (QED) is 0.659. The molecule has 1 spiro atoms. The Morgan fingerprint density at radius 1 is 1.04 bits per heavy atom. The van der Waals surface area contributed by atoms with Crippen LogP contribution in [-0.2, 0) is 16.1 Å². The van der Waals surface area contributed by atoms with Crippen LogP contribution >= 0.6 is 0 Å². The molecule has 2 amide bonds. The Hall–Kier alpha value is -1.94. The molecule has 3 aliphatic carbocycles. The van der Waals surface area contributed by atoms with Crippen molar-refractivity contribution >= 4 is 11.8 Å². The van der Waals surface area contributed by atoms with E-state index >= 15 is 0 Å². The molecule has 2 aliphatic heterocycles. The number of fused-ring (bicyclic) bond motifs is 3. The van der Waals surface area contributed by atoms with Gasteiger partial charge >= 0.3 is 0 Å². The number of amides is 2. The number of allylic oxidation sites excluding steroid dienone is 2. The van der Waals surface area contributed by atoms with Gasteiger partial charge in [-0.15, -0.1) is 0 Å². The molecule has 1 aromatic rings. The molecule has 6 rings (SSSR count). The third-order valence-electron chi connectivity index (χ3n) is 7.32. The second-order valence-electron chi connectivity index (χ2n) is 8.52. The lowest BCUT2D eigenvalue weighted by molar-refractivity contribution is -0.129. The number of nitrogens with zero attached hydrogens (tertiary/aromatic N) is 1. The minimum absolute atomic E-state index is 0.00347. The summed E-state index contributed by atoms with van der Waals surface area (Å²) in [5.41, 5.74) is 1.71. The molecule has 4 heteroatoms. The fourth-order valence-electron chi connectivity index (χ4n) is 5.90. The molecule has 1 N–H and O–H groups in total. The summed E-state index contributed by atoms with van der Waals surface area (Å²) in [5.74, 6) is 0.770. The first kappa shape index (κ1) is 16.2. The van der Waals surface area contributed by atoms with E-state index in [-0.39, 0.29) is 29.1 Å². The van der Waals surface area contributed by atoms with Crippen LogP contribution < -0.4 is 5.32 Å². The summed E-state index contributed by atoms with van der Waals surface area (Å²) in [6, 6.07) is 10.7. The molecular weight excluding hydrogens is 324 g/mol. The molecule has 5 unspecified atom stereocenters. The molecule has 0 aromatic heterocycles. The topological polar surface area (TPSA) is 49.4 Å². The van der Waals surface area contributed by atoms with E-state index in [0.717, 1.165) is 13.0 Å². The van der Waals surface area contributed by atoms with Gasteiger partial charge in [0.2, 0.25) is 11.8 Å². The monoisotopic (exact) mass is 350 g/mol. The number of benzene rings is 1. The lowest BCUT2D eigenvalue weighted by atomic mass is 9.52. The number of nitrogens with one attached hydrogen (secondary N) is 1. The van der Waals surface area contributed by atoms with Crippen LogP contribution in [0, 0.1) is 29.1 Å². The van der Waals surface area contributed by atoms with Gasteiger partial charge in [-0.25, -0.2) is 0 Å². The summed E-state index contributed by atoms with van der Waals surface area (Å²) < 4.78 is 0. The smallest absolute Gasteiger partial charge is 0.231 e. The number of imide groups is 1. The van der Waals surface area contributed by atoms with Crippen molar-refractivity contribution in [2.45, 2.75) is 32.2 Å². The molecule has 2 saturated heterocycles. The highest BCUT2D eigenvalue weighted by molar-refractivity contribution is 6.06. The normalized spacial score (nSPS) is 39.1. The van der Waals surface area contributed by atoms with E-state index in [1.807, 2.05) is 0 Å². The van der Waals surface area contributed by atoms with E-state index in [1.165, 1.54) is 37.9 Å². The molecule has 0 radical (unpaired) electrons. The maximum atomic E-state index is 11.6. The third kappa shape index (κ3) is 2.31. The van der Waals surface area contributed by atoms with Gasteiger partial charge in [-0.1, -0.05) is 42.5 Å². The van der Waals surface area contributed by atoms with Crippen LogP contribution in [0.4, 0.5) is 0 Å².